The van der Waals surface area contributed by atoms with Crippen molar-refractivity contribution < 1.29 is 9.90 Å². The largest absolute Gasteiger partial charge is 0.478 e. The number of rotatable bonds is 7. The number of carboxylic acid groups (broad SMARTS) is 1. The number of carboxylic acids is 1. The normalized spacial score (nSPS) is 10.7. The minimum absolute atomic E-state index is 0.298. The Morgan fingerprint density at radius 3 is 2.17 bits per heavy atom. The minimum atomic E-state index is -0.926. The standard InChI is InChI=1S/C20H26N2O2/c1-5-11-22(12-6-2)19-18(20(23)24)17(13-15(4)21-19)16-9-7-14(3)8-10-16/h7-10,13H,5-6,11-12H2,1-4H3,(H,23,24). The third-order valence-electron chi connectivity index (χ3n) is 3.99. The van der Waals surface area contributed by atoms with Crippen LogP contribution in [0.4, 0.5) is 5.82 Å². The Bertz CT molecular complexity index is 702. The molecule has 128 valence electrons. The molecule has 2 aromatic rings. The number of carbonyl (C=O) groups is 1. The number of aromatic nitrogens is 1. The Labute approximate surface area is 144 Å². The van der Waals surface area contributed by atoms with Crippen molar-refractivity contribution in [1.29, 1.82) is 0 Å². The van der Waals surface area contributed by atoms with Gasteiger partial charge in [0.25, 0.3) is 0 Å². The van der Waals surface area contributed by atoms with Gasteiger partial charge >= 0.3 is 5.97 Å². The summed E-state index contributed by atoms with van der Waals surface area (Å²) in [5.74, 6) is -0.341. The SMILES string of the molecule is CCCN(CCC)c1nc(C)cc(-c2ccc(C)cc2)c1C(=O)O. The van der Waals surface area contributed by atoms with Crippen molar-refractivity contribution in [2.45, 2.75) is 40.5 Å². The molecular weight excluding hydrogens is 300 g/mol. The first-order valence-electron chi connectivity index (χ1n) is 8.54. The Balaban J connectivity index is 2.67. The Morgan fingerprint density at radius 1 is 1.08 bits per heavy atom. The first-order chi connectivity index (χ1) is 11.5. The summed E-state index contributed by atoms with van der Waals surface area (Å²) < 4.78 is 0. The highest BCUT2D eigenvalue weighted by molar-refractivity contribution is 6.01. The molecule has 1 N–H and O–H groups in total. The van der Waals surface area contributed by atoms with E-state index < -0.39 is 5.97 Å². The van der Waals surface area contributed by atoms with Crippen LogP contribution < -0.4 is 4.90 Å². The fourth-order valence-electron chi connectivity index (χ4n) is 2.92. The number of hydrogen-bond donors (Lipinski definition) is 1. The molecule has 0 saturated heterocycles. The van der Waals surface area contributed by atoms with Gasteiger partial charge in [-0.15, -0.1) is 0 Å². The first-order valence-corrected chi connectivity index (χ1v) is 8.54. The summed E-state index contributed by atoms with van der Waals surface area (Å²) in [7, 11) is 0. The maximum absolute atomic E-state index is 12.0. The van der Waals surface area contributed by atoms with E-state index >= 15 is 0 Å². The quantitative estimate of drug-likeness (QED) is 0.802. The van der Waals surface area contributed by atoms with E-state index in [0.717, 1.165) is 48.3 Å². The Hall–Kier alpha value is -2.36. The lowest BCUT2D eigenvalue weighted by molar-refractivity contribution is 0.0698. The fourth-order valence-corrected chi connectivity index (χ4v) is 2.92. The lowest BCUT2D eigenvalue weighted by Crippen LogP contribution is -2.28. The van der Waals surface area contributed by atoms with E-state index in [0.29, 0.717) is 11.4 Å². The lowest BCUT2D eigenvalue weighted by Gasteiger charge is -2.26. The van der Waals surface area contributed by atoms with Crippen LogP contribution in [0.2, 0.25) is 0 Å². The van der Waals surface area contributed by atoms with Crippen LogP contribution in [0.25, 0.3) is 11.1 Å². The van der Waals surface area contributed by atoms with Crippen LogP contribution in [-0.2, 0) is 0 Å². The van der Waals surface area contributed by atoms with Gasteiger partial charge in [-0.05, 0) is 38.3 Å². The van der Waals surface area contributed by atoms with Crippen molar-refractivity contribution in [1.82, 2.24) is 4.98 Å². The van der Waals surface area contributed by atoms with Crippen LogP contribution in [-0.4, -0.2) is 29.1 Å². The first kappa shape index (κ1) is 18.0. The molecule has 0 bridgehead atoms. The zero-order chi connectivity index (χ0) is 17.7. The number of aromatic carboxylic acids is 1. The molecule has 0 fully saturated rings. The van der Waals surface area contributed by atoms with Crippen molar-refractivity contribution in [2.75, 3.05) is 18.0 Å². The second kappa shape index (κ2) is 7.95. The highest BCUT2D eigenvalue weighted by Gasteiger charge is 2.22. The van der Waals surface area contributed by atoms with E-state index in [2.05, 4.69) is 23.7 Å². The van der Waals surface area contributed by atoms with Gasteiger partial charge < -0.3 is 10.0 Å². The van der Waals surface area contributed by atoms with E-state index in [-0.39, 0.29) is 0 Å². The van der Waals surface area contributed by atoms with Gasteiger partial charge in [-0.25, -0.2) is 9.78 Å². The predicted molar refractivity (Wildman–Crippen MR) is 98.9 cm³/mol. The molecule has 0 saturated carbocycles. The molecule has 24 heavy (non-hydrogen) atoms. The van der Waals surface area contributed by atoms with Crippen molar-refractivity contribution in [3.63, 3.8) is 0 Å². The van der Waals surface area contributed by atoms with Gasteiger partial charge in [0.15, 0.2) is 0 Å². The second-order valence-corrected chi connectivity index (χ2v) is 6.17. The van der Waals surface area contributed by atoms with Gasteiger partial charge in [-0.2, -0.15) is 0 Å². The van der Waals surface area contributed by atoms with Gasteiger partial charge in [-0.1, -0.05) is 43.7 Å². The van der Waals surface area contributed by atoms with Gasteiger partial charge in [-0.3, -0.25) is 0 Å². The topological polar surface area (TPSA) is 53.4 Å². The summed E-state index contributed by atoms with van der Waals surface area (Å²) in [6, 6.07) is 9.83. The van der Waals surface area contributed by atoms with Crippen LogP contribution in [0.1, 0.15) is 48.3 Å². The Morgan fingerprint density at radius 2 is 1.67 bits per heavy atom. The highest BCUT2D eigenvalue weighted by Crippen LogP contribution is 2.31. The molecule has 0 aliphatic rings. The number of nitrogens with zero attached hydrogens (tertiary/aromatic N) is 2. The molecular formula is C20H26N2O2. The monoisotopic (exact) mass is 326 g/mol. The third kappa shape index (κ3) is 3.94. The summed E-state index contributed by atoms with van der Waals surface area (Å²) >= 11 is 0. The number of aryl methyl sites for hydroxylation is 2. The maximum atomic E-state index is 12.0. The fraction of sp³-hybridized carbons (Fsp3) is 0.400. The zero-order valence-corrected chi connectivity index (χ0v) is 15.0. The third-order valence-corrected chi connectivity index (χ3v) is 3.99. The summed E-state index contributed by atoms with van der Waals surface area (Å²) in [5.41, 5.74) is 3.94. The zero-order valence-electron chi connectivity index (χ0n) is 15.0. The van der Waals surface area contributed by atoms with Crippen molar-refractivity contribution in [3.05, 3.63) is 47.2 Å². The molecule has 0 aliphatic carbocycles. The van der Waals surface area contributed by atoms with E-state index in [9.17, 15) is 9.90 Å². The second-order valence-electron chi connectivity index (χ2n) is 6.17. The maximum Gasteiger partial charge on any atom is 0.340 e. The smallest absolute Gasteiger partial charge is 0.340 e. The van der Waals surface area contributed by atoms with Gasteiger partial charge in [0.05, 0.1) is 0 Å². The van der Waals surface area contributed by atoms with Crippen LogP contribution in [0.15, 0.2) is 30.3 Å². The predicted octanol–water partition coefficient (Wildman–Crippen LogP) is 4.69. The number of hydrogen-bond acceptors (Lipinski definition) is 3. The lowest BCUT2D eigenvalue weighted by atomic mass is 9.98. The van der Waals surface area contributed by atoms with Crippen LogP contribution >= 0.6 is 0 Å². The highest BCUT2D eigenvalue weighted by atomic mass is 16.4. The van der Waals surface area contributed by atoms with Crippen LogP contribution in [0, 0.1) is 13.8 Å². The Kier molecular flexibility index (Phi) is 5.96. The van der Waals surface area contributed by atoms with Crippen molar-refractivity contribution in [3.8, 4) is 11.1 Å². The average Bonchev–Trinajstić information content (AvgIpc) is 2.54. The molecule has 0 unspecified atom stereocenters. The van der Waals surface area contributed by atoms with Gasteiger partial charge in [0.2, 0.25) is 0 Å². The van der Waals surface area contributed by atoms with E-state index in [1.807, 2.05) is 44.2 Å². The van der Waals surface area contributed by atoms with E-state index in [4.69, 9.17) is 0 Å². The number of benzene rings is 1. The summed E-state index contributed by atoms with van der Waals surface area (Å²) in [6.45, 7) is 9.74. The molecule has 4 heteroatoms. The number of pyridine rings is 1. The number of anilines is 1. The van der Waals surface area contributed by atoms with Crippen LogP contribution in [0.5, 0.6) is 0 Å². The molecule has 4 nitrogen and oxygen atoms in total. The molecule has 0 atom stereocenters. The van der Waals surface area contributed by atoms with Gasteiger partial charge in [0.1, 0.15) is 11.4 Å². The van der Waals surface area contributed by atoms with Crippen molar-refractivity contribution in [2.24, 2.45) is 0 Å². The molecule has 0 amide bonds. The molecule has 2 rings (SSSR count). The summed E-state index contributed by atoms with van der Waals surface area (Å²) in [4.78, 5) is 18.7. The minimum Gasteiger partial charge on any atom is -0.478 e. The summed E-state index contributed by atoms with van der Waals surface area (Å²) in [6.07, 6.45) is 1.91. The molecule has 0 spiro atoms. The van der Waals surface area contributed by atoms with Crippen LogP contribution in [0.3, 0.4) is 0 Å². The molecule has 0 radical (unpaired) electrons. The van der Waals surface area contributed by atoms with E-state index in [1.54, 1.807) is 0 Å². The molecule has 1 aromatic carbocycles. The van der Waals surface area contributed by atoms with E-state index in [1.165, 1.54) is 0 Å². The molecule has 1 heterocycles. The molecule has 1 aromatic heterocycles. The van der Waals surface area contributed by atoms with Crippen molar-refractivity contribution >= 4 is 11.8 Å². The summed E-state index contributed by atoms with van der Waals surface area (Å²) in [5, 5.41) is 9.87. The molecule has 0 aliphatic heterocycles. The average molecular weight is 326 g/mol. The van der Waals surface area contributed by atoms with Gasteiger partial charge in [0, 0.05) is 24.3 Å².